The second kappa shape index (κ2) is 6.22. The average Bonchev–Trinajstić information content (AvgIpc) is 2.32. The van der Waals surface area contributed by atoms with Gasteiger partial charge in [-0.15, -0.1) is 0 Å². The molecular formula is C13H24N2O. The summed E-state index contributed by atoms with van der Waals surface area (Å²) in [5, 5.41) is 21.9. The van der Waals surface area contributed by atoms with Gasteiger partial charge in [-0.2, -0.15) is 5.26 Å². The molecule has 1 rings (SSSR count). The zero-order chi connectivity index (χ0) is 12.0. The predicted octanol–water partition coefficient (Wildman–Crippen LogP) is 2.21. The van der Waals surface area contributed by atoms with Crippen LogP contribution in [0.2, 0.25) is 0 Å². The minimum absolute atomic E-state index is 0.121. The minimum Gasteiger partial charge on any atom is -0.394 e. The molecule has 1 atom stereocenters. The van der Waals surface area contributed by atoms with Crippen LogP contribution in [0.4, 0.5) is 0 Å². The lowest BCUT2D eigenvalue weighted by atomic mass is 9.77. The van der Waals surface area contributed by atoms with Crippen molar-refractivity contribution in [1.82, 2.24) is 5.32 Å². The molecule has 0 aromatic heterocycles. The van der Waals surface area contributed by atoms with Crippen LogP contribution < -0.4 is 5.32 Å². The standard InChI is InChI=1S/C13H24N2O/c1-3-12(6-9-14)15-13(10-16)7-4-11(2)5-8-13/h11-12,15-16H,3-8,10H2,1-2H3. The van der Waals surface area contributed by atoms with Crippen LogP contribution >= 0.6 is 0 Å². The van der Waals surface area contributed by atoms with Crippen molar-refractivity contribution in [3.63, 3.8) is 0 Å². The van der Waals surface area contributed by atoms with Crippen LogP contribution in [0.25, 0.3) is 0 Å². The van der Waals surface area contributed by atoms with E-state index in [1.807, 2.05) is 0 Å². The minimum atomic E-state index is -0.121. The molecule has 0 aromatic rings. The first-order chi connectivity index (χ1) is 7.65. The molecule has 1 unspecified atom stereocenters. The molecule has 3 nitrogen and oxygen atoms in total. The van der Waals surface area contributed by atoms with Gasteiger partial charge in [-0.1, -0.05) is 13.8 Å². The second-order valence-electron chi connectivity index (χ2n) is 5.23. The van der Waals surface area contributed by atoms with E-state index in [1.165, 1.54) is 12.8 Å². The number of nitriles is 1. The first-order valence-corrected chi connectivity index (χ1v) is 6.41. The fourth-order valence-corrected chi connectivity index (χ4v) is 2.50. The molecular weight excluding hydrogens is 200 g/mol. The summed E-state index contributed by atoms with van der Waals surface area (Å²) >= 11 is 0. The molecule has 0 aliphatic heterocycles. The van der Waals surface area contributed by atoms with Gasteiger partial charge in [-0.05, 0) is 38.0 Å². The Bertz CT molecular complexity index is 239. The van der Waals surface area contributed by atoms with E-state index in [4.69, 9.17) is 5.26 Å². The molecule has 2 N–H and O–H groups in total. The number of aliphatic hydroxyl groups is 1. The monoisotopic (exact) mass is 224 g/mol. The quantitative estimate of drug-likeness (QED) is 0.752. The van der Waals surface area contributed by atoms with Gasteiger partial charge in [0.2, 0.25) is 0 Å². The van der Waals surface area contributed by atoms with Crippen LogP contribution in [0.1, 0.15) is 52.4 Å². The summed E-state index contributed by atoms with van der Waals surface area (Å²) < 4.78 is 0. The maximum absolute atomic E-state index is 9.60. The smallest absolute Gasteiger partial charge is 0.0638 e. The van der Waals surface area contributed by atoms with Crippen molar-refractivity contribution in [2.24, 2.45) is 5.92 Å². The van der Waals surface area contributed by atoms with Gasteiger partial charge in [0.25, 0.3) is 0 Å². The Hall–Kier alpha value is -0.590. The lowest BCUT2D eigenvalue weighted by molar-refractivity contribution is 0.0937. The second-order valence-corrected chi connectivity index (χ2v) is 5.23. The van der Waals surface area contributed by atoms with Crippen molar-refractivity contribution in [2.45, 2.75) is 64.0 Å². The summed E-state index contributed by atoms with van der Waals surface area (Å²) in [7, 11) is 0. The van der Waals surface area contributed by atoms with Crippen molar-refractivity contribution in [2.75, 3.05) is 6.61 Å². The maximum atomic E-state index is 9.60. The number of rotatable bonds is 5. The third-order valence-corrected chi connectivity index (χ3v) is 3.87. The van der Waals surface area contributed by atoms with Crippen LogP contribution in [0.5, 0.6) is 0 Å². The number of hydrogen-bond donors (Lipinski definition) is 2. The van der Waals surface area contributed by atoms with Gasteiger partial charge in [-0.3, -0.25) is 0 Å². The number of hydrogen-bond acceptors (Lipinski definition) is 3. The van der Waals surface area contributed by atoms with Gasteiger partial charge in [0.15, 0.2) is 0 Å². The Morgan fingerprint density at radius 3 is 2.56 bits per heavy atom. The summed E-state index contributed by atoms with van der Waals surface area (Å²) in [5.74, 6) is 0.775. The van der Waals surface area contributed by atoms with Crippen molar-refractivity contribution in [1.29, 1.82) is 5.26 Å². The zero-order valence-electron chi connectivity index (χ0n) is 10.5. The summed E-state index contributed by atoms with van der Waals surface area (Å²) in [5.41, 5.74) is -0.121. The Balaban J connectivity index is 2.56. The Kier molecular flexibility index (Phi) is 5.24. The van der Waals surface area contributed by atoms with Gasteiger partial charge in [-0.25, -0.2) is 0 Å². The van der Waals surface area contributed by atoms with E-state index < -0.39 is 0 Å². The largest absolute Gasteiger partial charge is 0.394 e. The molecule has 0 spiro atoms. The molecule has 92 valence electrons. The number of nitrogens with zero attached hydrogens (tertiary/aromatic N) is 1. The van der Waals surface area contributed by atoms with E-state index in [2.05, 4.69) is 25.2 Å². The summed E-state index contributed by atoms with van der Waals surface area (Å²) in [6.07, 6.45) is 5.91. The number of nitrogens with one attached hydrogen (secondary N) is 1. The third-order valence-electron chi connectivity index (χ3n) is 3.87. The van der Waals surface area contributed by atoms with Gasteiger partial charge >= 0.3 is 0 Å². The van der Waals surface area contributed by atoms with Crippen LogP contribution in [-0.4, -0.2) is 23.3 Å². The van der Waals surface area contributed by atoms with Crippen molar-refractivity contribution < 1.29 is 5.11 Å². The van der Waals surface area contributed by atoms with E-state index in [-0.39, 0.29) is 18.2 Å². The van der Waals surface area contributed by atoms with E-state index >= 15 is 0 Å². The molecule has 0 aromatic carbocycles. The van der Waals surface area contributed by atoms with Gasteiger partial charge in [0.05, 0.1) is 19.1 Å². The van der Waals surface area contributed by atoms with E-state index in [0.29, 0.717) is 6.42 Å². The topological polar surface area (TPSA) is 56.0 Å². The van der Waals surface area contributed by atoms with E-state index in [1.54, 1.807) is 0 Å². The van der Waals surface area contributed by atoms with Crippen LogP contribution in [-0.2, 0) is 0 Å². The molecule has 1 saturated carbocycles. The third kappa shape index (κ3) is 3.47. The molecule has 16 heavy (non-hydrogen) atoms. The van der Waals surface area contributed by atoms with Crippen LogP contribution in [0.3, 0.4) is 0 Å². The fourth-order valence-electron chi connectivity index (χ4n) is 2.50. The molecule has 0 amide bonds. The van der Waals surface area contributed by atoms with Gasteiger partial charge < -0.3 is 10.4 Å². The molecule has 0 heterocycles. The lowest BCUT2D eigenvalue weighted by Crippen LogP contribution is -2.54. The highest BCUT2D eigenvalue weighted by molar-refractivity contribution is 4.95. The highest BCUT2D eigenvalue weighted by Gasteiger charge is 2.34. The normalized spacial score (nSPS) is 32.0. The Morgan fingerprint density at radius 2 is 2.12 bits per heavy atom. The molecule has 1 aliphatic carbocycles. The summed E-state index contributed by atoms with van der Waals surface area (Å²) in [6, 6.07) is 2.44. The molecule has 1 aliphatic rings. The van der Waals surface area contributed by atoms with Crippen molar-refractivity contribution >= 4 is 0 Å². The molecule has 1 fully saturated rings. The molecule has 3 heteroatoms. The van der Waals surface area contributed by atoms with Crippen molar-refractivity contribution in [3.8, 4) is 6.07 Å². The van der Waals surface area contributed by atoms with Crippen LogP contribution in [0, 0.1) is 17.2 Å². The lowest BCUT2D eigenvalue weighted by Gasteiger charge is -2.41. The van der Waals surface area contributed by atoms with Crippen LogP contribution in [0.15, 0.2) is 0 Å². The first-order valence-electron chi connectivity index (χ1n) is 6.41. The highest BCUT2D eigenvalue weighted by Crippen LogP contribution is 2.32. The maximum Gasteiger partial charge on any atom is 0.0638 e. The molecule has 0 bridgehead atoms. The van der Waals surface area contributed by atoms with E-state index in [0.717, 1.165) is 25.2 Å². The number of aliphatic hydroxyl groups excluding tert-OH is 1. The Morgan fingerprint density at radius 1 is 1.50 bits per heavy atom. The van der Waals surface area contributed by atoms with Gasteiger partial charge in [0.1, 0.15) is 0 Å². The summed E-state index contributed by atoms with van der Waals surface area (Å²) in [4.78, 5) is 0. The first kappa shape index (κ1) is 13.5. The summed E-state index contributed by atoms with van der Waals surface area (Å²) in [6.45, 7) is 4.56. The fraction of sp³-hybridized carbons (Fsp3) is 0.923. The SMILES string of the molecule is CCC(CC#N)NC1(CO)CCC(C)CC1. The molecule has 0 saturated heterocycles. The van der Waals surface area contributed by atoms with Gasteiger partial charge in [0, 0.05) is 11.6 Å². The molecule has 0 radical (unpaired) electrons. The average molecular weight is 224 g/mol. The van der Waals surface area contributed by atoms with E-state index in [9.17, 15) is 5.11 Å². The van der Waals surface area contributed by atoms with Crippen molar-refractivity contribution in [3.05, 3.63) is 0 Å². The zero-order valence-corrected chi connectivity index (χ0v) is 10.5. The highest BCUT2D eigenvalue weighted by atomic mass is 16.3. The predicted molar refractivity (Wildman–Crippen MR) is 64.9 cm³/mol. The Labute approximate surface area is 98.8 Å².